The number of nitrogens with zero attached hydrogens (tertiary/aromatic N) is 4. The standard InChI is InChI=1S/C18H13N5O/c19-12-13-6-8-15(9-7-13)21-18-20-11-10-16(22-18)17(23-24)14-4-2-1-3-5-14/h1-11,24H,(H,20,21,22)/b23-17-. The van der Waals surface area contributed by atoms with Crippen molar-refractivity contribution >= 4 is 17.3 Å². The first kappa shape index (κ1) is 15.2. The van der Waals surface area contributed by atoms with Crippen LogP contribution in [0.15, 0.2) is 72.0 Å². The Morgan fingerprint density at radius 2 is 1.79 bits per heavy atom. The SMILES string of the molecule is N#Cc1ccc(Nc2nccc(/C(=N\O)c3ccccc3)n2)cc1. The van der Waals surface area contributed by atoms with Gasteiger partial charge in [-0.3, -0.25) is 0 Å². The van der Waals surface area contributed by atoms with Gasteiger partial charge in [0.05, 0.1) is 17.3 Å². The van der Waals surface area contributed by atoms with Crippen LogP contribution in [0.1, 0.15) is 16.8 Å². The third-order valence-electron chi connectivity index (χ3n) is 3.32. The summed E-state index contributed by atoms with van der Waals surface area (Å²) < 4.78 is 0. The van der Waals surface area contributed by atoms with Crippen molar-refractivity contribution in [2.45, 2.75) is 0 Å². The average Bonchev–Trinajstić information content (AvgIpc) is 2.64. The van der Waals surface area contributed by atoms with Gasteiger partial charge in [-0.05, 0) is 30.3 Å². The number of hydrogen-bond donors (Lipinski definition) is 2. The molecular weight excluding hydrogens is 302 g/mol. The van der Waals surface area contributed by atoms with E-state index in [1.54, 1.807) is 36.5 Å². The molecular formula is C18H13N5O. The van der Waals surface area contributed by atoms with Crippen LogP contribution in [0.2, 0.25) is 0 Å². The summed E-state index contributed by atoms with van der Waals surface area (Å²) in [6.07, 6.45) is 1.59. The predicted octanol–water partition coefficient (Wildman–Crippen LogP) is 3.32. The smallest absolute Gasteiger partial charge is 0.227 e. The van der Waals surface area contributed by atoms with E-state index in [1.165, 1.54) is 0 Å². The normalized spacial score (nSPS) is 10.9. The second kappa shape index (κ2) is 7.03. The van der Waals surface area contributed by atoms with Crippen LogP contribution in [0.4, 0.5) is 11.6 Å². The molecule has 0 aliphatic carbocycles. The molecule has 6 heteroatoms. The molecule has 0 aliphatic rings. The van der Waals surface area contributed by atoms with Gasteiger partial charge in [-0.1, -0.05) is 35.5 Å². The molecule has 0 spiro atoms. The summed E-state index contributed by atoms with van der Waals surface area (Å²) in [5.74, 6) is 0.370. The summed E-state index contributed by atoms with van der Waals surface area (Å²) in [6.45, 7) is 0. The molecule has 0 bridgehead atoms. The van der Waals surface area contributed by atoms with Gasteiger partial charge < -0.3 is 10.5 Å². The van der Waals surface area contributed by atoms with Crippen LogP contribution in [0.25, 0.3) is 0 Å². The maximum Gasteiger partial charge on any atom is 0.227 e. The second-order valence-corrected chi connectivity index (χ2v) is 4.89. The summed E-state index contributed by atoms with van der Waals surface area (Å²) >= 11 is 0. The summed E-state index contributed by atoms with van der Waals surface area (Å²) in [7, 11) is 0. The molecule has 0 atom stereocenters. The Morgan fingerprint density at radius 1 is 1.04 bits per heavy atom. The number of anilines is 2. The molecule has 24 heavy (non-hydrogen) atoms. The van der Waals surface area contributed by atoms with E-state index in [0.717, 1.165) is 11.3 Å². The fourth-order valence-corrected chi connectivity index (χ4v) is 2.16. The predicted molar refractivity (Wildman–Crippen MR) is 90.3 cm³/mol. The fourth-order valence-electron chi connectivity index (χ4n) is 2.16. The lowest BCUT2D eigenvalue weighted by atomic mass is 10.1. The Balaban J connectivity index is 1.87. The third-order valence-corrected chi connectivity index (χ3v) is 3.32. The Labute approximate surface area is 138 Å². The first-order valence-electron chi connectivity index (χ1n) is 7.18. The highest BCUT2D eigenvalue weighted by atomic mass is 16.4. The molecule has 0 unspecified atom stereocenters. The van der Waals surface area contributed by atoms with Gasteiger partial charge in [0.25, 0.3) is 0 Å². The minimum atomic E-state index is 0.362. The lowest BCUT2D eigenvalue weighted by Crippen LogP contribution is -2.08. The van der Waals surface area contributed by atoms with Crippen molar-refractivity contribution in [2.24, 2.45) is 5.16 Å². The quantitative estimate of drug-likeness (QED) is 0.437. The molecule has 0 amide bonds. The molecule has 0 aliphatic heterocycles. The van der Waals surface area contributed by atoms with E-state index in [9.17, 15) is 5.21 Å². The first-order chi connectivity index (χ1) is 11.8. The van der Waals surface area contributed by atoms with Crippen molar-refractivity contribution in [3.8, 4) is 6.07 Å². The van der Waals surface area contributed by atoms with Crippen molar-refractivity contribution in [1.82, 2.24) is 9.97 Å². The van der Waals surface area contributed by atoms with Crippen LogP contribution in [0.3, 0.4) is 0 Å². The van der Waals surface area contributed by atoms with E-state index in [2.05, 4.69) is 26.5 Å². The zero-order chi connectivity index (χ0) is 16.8. The van der Waals surface area contributed by atoms with Gasteiger partial charge in [0.2, 0.25) is 5.95 Å². The van der Waals surface area contributed by atoms with E-state index in [-0.39, 0.29) is 0 Å². The van der Waals surface area contributed by atoms with Crippen molar-refractivity contribution < 1.29 is 5.21 Å². The maximum absolute atomic E-state index is 9.35. The number of rotatable bonds is 4. The van der Waals surface area contributed by atoms with Crippen molar-refractivity contribution in [2.75, 3.05) is 5.32 Å². The minimum absolute atomic E-state index is 0.362. The van der Waals surface area contributed by atoms with Gasteiger partial charge in [0.1, 0.15) is 5.71 Å². The van der Waals surface area contributed by atoms with Crippen molar-refractivity contribution in [3.05, 3.63) is 83.7 Å². The van der Waals surface area contributed by atoms with Gasteiger partial charge in [-0.25, -0.2) is 9.97 Å². The van der Waals surface area contributed by atoms with Crippen LogP contribution in [0.5, 0.6) is 0 Å². The molecule has 0 radical (unpaired) electrons. The van der Waals surface area contributed by atoms with Crippen LogP contribution in [0, 0.1) is 11.3 Å². The highest BCUT2D eigenvalue weighted by molar-refractivity contribution is 6.11. The molecule has 116 valence electrons. The molecule has 2 aromatic carbocycles. The van der Waals surface area contributed by atoms with Crippen molar-refractivity contribution in [1.29, 1.82) is 5.26 Å². The Morgan fingerprint density at radius 3 is 2.46 bits per heavy atom. The van der Waals surface area contributed by atoms with Gasteiger partial charge >= 0.3 is 0 Å². The molecule has 3 rings (SSSR count). The monoisotopic (exact) mass is 315 g/mol. The zero-order valence-corrected chi connectivity index (χ0v) is 12.6. The topological polar surface area (TPSA) is 94.2 Å². The van der Waals surface area contributed by atoms with Gasteiger partial charge in [0, 0.05) is 17.4 Å². The lowest BCUT2D eigenvalue weighted by Gasteiger charge is -2.08. The summed E-state index contributed by atoms with van der Waals surface area (Å²) in [6, 6.07) is 20.0. The minimum Gasteiger partial charge on any atom is -0.410 e. The molecule has 3 aromatic rings. The van der Waals surface area contributed by atoms with E-state index in [1.807, 2.05) is 30.3 Å². The molecule has 0 saturated carbocycles. The van der Waals surface area contributed by atoms with E-state index >= 15 is 0 Å². The van der Waals surface area contributed by atoms with Crippen LogP contribution >= 0.6 is 0 Å². The highest BCUT2D eigenvalue weighted by Crippen LogP contribution is 2.15. The number of aromatic nitrogens is 2. The number of hydrogen-bond acceptors (Lipinski definition) is 6. The number of benzene rings is 2. The first-order valence-corrected chi connectivity index (χ1v) is 7.18. The maximum atomic E-state index is 9.35. The number of nitrogens with one attached hydrogen (secondary N) is 1. The molecule has 0 saturated heterocycles. The molecule has 1 aromatic heterocycles. The highest BCUT2D eigenvalue weighted by Gasteiger charge is 2.10. The van der Waals surface area contributed by atoms with Crippen LogP contribution < -0.4 is 5.32 Å². The Bertz CT molecular complexity index is 899. The second-order valence-electron chi connectivity index (χ2n) is 4.89. The van der Waals surface area contributed by atoms with E-state index < -0.39 is 0 Å². The fraction of sp³-hybridized carbons (Fsp3) is 0. The zero-order valence-electron chi connectivity index (χ0n) is 12.6. The van der Waals surface area contributed by atoms with Gasteiger partial charge in [-0.15, -0.1) is 0 Å². The largest absolute Gasteiger partial charge is 0.410 e. The Kier molecular flexibility index (Phi) is 4.45. The summed E-state index contributed by atoms with van der Waals surface area (Å²) in [5.41, 5.74) is 2.95. The van der Waals surface area contributed by atoms with Crippen LogP contribution in [-0.4, -0.2) is 20.9 Å². The van der Waals surface area contributed by atoms with E-state index in [4.69, 9.17) is 5.26 Å². The average molecular weight is 315 g/mol. The molecule has 1 heterocycles. The van der Waals surface area contributed by atoms with Gasteiger partial charge in [0.15, 0.2) is 0 Å². The molecule has 2 N–H and O–H groups in total. The third kappa shape index (κ3) is 3.36. The summed E-state index contributed by atoms with van der Waals surface area (Å²) in [4.78, 5) is 8.54. The summed E-state index contributed by atoms with van der Waals surface area (Å²) in [5, 5.41) is 24.6. The van der Waals surface area contributed by atoms with E-state index in [0.29, 0.717) is 22.9 Å². The van der Waals surface area contributed by atoms with Gasteiger partial charge in [-0.2, -0.15) is 5.26 Å². The molecule has 0 fully saturated rings. The van der Waals surface area contributed by atoms with Crippen molar-refractivity contribution in [3.63, 3.8) is 0 Å². The van der Waals surface area contributed by atoms with Crippen LogP contribution in [-0.2, 0) is 0 Å². The number of oxime groups is 1. The molecule has 6 nitrogen and oxygen atoms in total. The Hall–Kier alpha value is -3.72. The number of nitriles is 1. The lowest BCUT2D eigenvalue weighted by molar-refractivity contribution is 0.319.